The van der Waals surface area contributed by atoms with Crippen molar-refractivity contribution in [2.75, 3.05) is 0 Å². The monoisotopic (exact) mass is 221 g/mol. The van der Waals surface area contributed by atoms with Crippen LogP contribution >= 0.6 is 0 Å². The molecule has 1 atom stereocenters. The van der Waals surface area contributed by atoms with Gasteiger partial charge >= 0.3 is 5.97 Å². The molecule has 0 saturated carbocycles. The highest BCUT2D eigenvalue weighted by Gasteiger charge is 2.11. The lowest BCUT2D eigenvalue weighted by Crippen LogP contribution is -2.32. The van der Waals surface area contributed by atoms with Gasteiger partial charge in [0.25, 0.3) is 0 Å². The largest absolute Gasteiger partial charge is 0.513 e. The average molecular weight is 221 g/mol. The summed E-state index contributed by atoms with van der Waals surface area (Å²) >= 11 is 0. The van der Waals surface area contributed by atoms with E-state index in [-0.39, 0.29) is 5.76 Å². The summed E-state index contributed by atoms with van der Waals surface area (Å²) in [7, 11) is 0. The van der Waals surface area contributed by atoms with E-state index in [1.807, 2.05) is 12.1 Å². The third-order valence-electron chi connectivity index (χ3n) is 2.20. The van der Waals surface area contributed by atoms with Gasteiger partial charge in [-0.15, -0.1) is 0 Å². The Kier molecular flexibility index (Phi) is 4.08. The summed E-state index contributed by atoms with van der Waals surface area (Å²) in [5.41, 5.74) is 7.21. The molecule has 4 N–H and O–H groups in total. The third-order valence-corrected chi connectivity index (χ3v) is 2.20. The third kappa shape index (κ3) is 3.74. The highest BCUT2D eigenvalue weighted by molar-refractivity contribution is 5.73. The first-order chi connectivity index (χ1) is 7.49. The second kappa shape index (κ2) is 5.32. The van der Waals surface area contributed by atoms with Gasteiger partial charge in [0.05, 0.1) is 5.76 Å². The molecule has 0 aromatic heterocycles. The van der Waals surface area contributed by atoms with Gasteiger partial charge in [0, 0.05) is 6.42 Å². The number of aliphatic hydroxyl groups is 1. The Hall–Kier alpha value is -1.81. The van der Waals surface area contributed by atoms with E-state index >= 15 is 0 Å². The molecule has 0 aliphatic heterocycles. The molecule has 16 heavy (non-hydrogen) atoms. The Bertz CT molecular complexity index is 384. The molecule has 0 aliphatic rings. The molecule has 4 nitrogen and oxygen atoms in total. The molecule has 86 valence electrons. The predicted molar refractivity (Wildman–Crippen MR) is 61.2 cm³/mol. The van der Waals surface area contributed by atoms with Crippen LogP contribution < -0.4 is 5.73 Å². The number of aliphatic hydroxyl groups excluding tert-OH is 1. The number of carbonyl (C=O) groups is 1. The van der Waals surface area contributed by atoms with Crippen molar-refractivity contribution in [1.82, 2.24) is 0 Å². The smallest absolute Gasteiger partial charge is 0.320 e. The van der Waals surface area contributed by atoms with Gasteiger partial charge in [0.2, 0.25) is 0 Å². The fourth-order valence-corrected chi connectivity index (χ4v) is 1.37. The zero-order valence-electron chi connectivity index (χ0n) is 8.89. The number of hydrogen-bond acceptors (Lipinski definition) is 3. The van der Waals surface area contributed by atoms with Gasteiger partial charge < -0.3 is 15.9 Å². The van der Waals surface area contributed by atoms with Crippen molar-refractivity contribution in [3.05, 3.63) is 47.7 Å². The predicted octanol–water partition coefficient (Wildman–Crippen LogP) is 1.26. The van der Waals surface area contributed by atoms with E-state index in [9.17, 15) is 4.79 Å². The number of carboxylic acids is 1. The summed E-state index contributed by atoms with van der Waals surface area (Å²) in [5, 5.41) is 17.6. The number of rotatable bonds is 5. The Morgan fingerprint density at radius 1 is 1.25 bits per heavy atom. The lowest BCUT2D eigenvalue weighted by atomic mass is 10.0. The molecule has 0 fully saturated rings. The average Bonchev–Trinajstić information content (AvgIpc) is 2.20. The minimum Gasteiger partial charge on any atom is -0.513 e. The molecule has 4 heteroatoms. The van der Waals surface area contributed by atoms with Crippen LogP contribution in [0.4, 0.5) is 0 Å². The summed E-state index contributed by atoms with van der Waals surface area (Å²) in [6.45, 7) is 3.40. The molecular weight excluding hydrogens is 206 g/mol. The molecule has 0 radical (unpaired) electrons. The van der Waals surface area contributed by atoms with E-state index in [1.165, 1.54) is 0 Å². The second-order valence-electron chi connectivity index (χ2n) is 3.71. The Morgan fingerprint density at radius 3 is 2.19 bits per heavy atom. The van der Waals surface area contributed by atoms with Crippen LogP contribution in [-0.4, -0.2) is 22.2 Å². The van der Waals surface area contributed by atoms with Gasteiger partial charge in [0.15, 0.2) is 0 Å². The van der Waals surface area contributed by atoms with Gasteiger partial charge in [0.1, 0.15) is 6.04 Å². The molecule has 0 aliphatic carbocycles. The minimum absolute atomic E-state index is 0.106. The lowest BCUT2D eigenvalue weighted by molar-refractivity contribution is -0.138. The van der Waals surface area contributed by atoms with Crippen molar-refractivity contribution in [3.8, 4) is 0 Å². The molecular formula is C12H15NO3. The van der Waals surface area contributed by atoms with Crippen molar-refractivity contribution in [2.45, 2.75) is 18.9 Å². The van der Waals surface area contributed by atoms with E-state index in [2.05, 4.69) is 6.58 Å². The number of allylic oxidation sites excluding steroid dienone is 1. The number of benzene rings is 1. The Balaban J connectivity index is 2.64. The van der Waals surface area contributed by atoms with Gasteiger partial charge in [-0.2, -0.15) is 0 Å². The lowest BCUT2D eigenvalue weighted by Gasteiger charge is -2.07. The number of aliphatic carboxylic acids is 1. The van der Waals surface area contributed by atoms with Crippen molar-refractivity contribution in [1.29, 1.82) is 0 Å². The maximum Gasteiger partial charge on any atom is 0.320 e. The summed E-state index contributed by atoms with van der Waals surface area (Å²) < 4.78 is 0. The molecule has 0 saturated heterocycles. The van der Waals surface area contributed by atoms with Crippen molar-refractivity contribution in [3.63, 3.8) is 0 Å². The van der Waals surface area contributed by atoms with Gasteiger partial charge in [-0.1, -0.05) is 30.8 Å². The molecule has 1 aromatic carbocycles. The van der Waals surface area contributed by atoms with Crippen LogP contribution in [0.1, 0.15) is 11.1 Å². The first kappa shape index (κ1) is 12.3. The Morgan fingerprint density at radius 2 is 1.75 bits per heavy atom. The normalized spacial score (nSPS) is 12.1. The molecule has 0 spiro atoms. The van der Waals surface area contributed by atoms with E-state index in [1.54, 1.807) is 12.1 Å². The topological polar surface area (TPSA) is 83.5 Å². The van der Waals surface area contributed by atoms with Crippen molar-refractivity contribution < 1.29 is 15.0 Å². The van der Waals surface area contributed by atoms with Crippen LogP contribution in [-0.2, 0) is 17.6 Å². The highest BCUT2D eigenvalue weighted by atomic mass is 16.4. The molecule has 1 aromatic rings. The minimum atomic E-state index is -1.01. The molecule has 0 bridgehead atoms. The fraction of sp³-hybridized carbons (Fsp3) is 0.250. The van der Waals surface area contributed by atoms with E-state index in [0.717, 1.165) is 11.1 Å². The molecule has 0 unspecified atom stereocenters. The SMILES string of the molecule is C=C(O)Cc1ccc(C[C@H](N)C(=O)O)cc1. The Labute approximate surface area is 94.0 Å². The van der Waals surface area contributed by atoms with Crippen molar-refractivity contribution >= 4 is 5.97 Å². The van der Waals surface area contributed by atoms with Crippen molar-refractivity contribution in [2.24, 2.45) is 5.73 Å². The van der Waals surface area contributed by atoms with Gasteiger partial charge in [-0.25, -0.2) is 0 Å². The fourth-order valence-electron chi connectivity index (χ4n) is 1.37. The van der Waals surface area contributed by atoms with Gasteiger partial charge in [-0.3, -0.25) is 4.79 Å². The van der Waals surface area contributed by atoms with Gasteiger partial charge in [-0.05, 0) is 17.5 Å². The quantitative estimate of drug-likeness (QED) is 0.653. The van der Waals surface area contributed by atoms with Crippen LogP contribution in [0.25, 0.3) is 0 Å². The molecule has 0 heterocycles. The van der Waals surface area contributed by atoms with Crippen LogP contribution in [0.2, 0.25) is 0 Å². The first-order valence-corrected chi connectivity index (χ1v) is 4.92. The summed E-state index contributed by atoms with van der Waals surface area (Å²) in [5.74, 6) is -0.900. The highest BCUT2D eigenvalue weighted by Crippen LogP contribution is 2.09. The maximum absolute atomic E-state index is 10.5. The molecule has 1 rings (SSSR count). The van der Waals surface area contributed by atoms with Crippen LogP contribution in [0.3, 0.4) is 0 Å². The van der Waals surface area contributed by atoms with Crippen LogP contribution in [0, 0.1) is 0 Å². The van der Waals surface area contributed by atoms with Crippen LogP contribution in [0.15, 0.2) is 36.6 Å². The maximum atomic E-state index is 10.5. The number of hydrogen-bond donors (Lipinski definition) is 3. The molecule has 0 amide bonds. The first-order valence-electron chi connectivity index (χ1n) is 4.92. The van der Waals surface area contributed by atoms with E-state index < -0.39 is 12.0 Å². The van der Waals surface area contributed by atoms with E-state index in [4.69, 9.17) is 15.9 Å². The zero-order valence-corrected chi connectivity index (χ0v) is 8.89. The number of carboxylic acid groups (broad SMARTS) is 1. The summed E-state index contributed by atoms with van der Waals surface area (Å²) in [6, 6.07) is 6.39. The summed E-state index contributed by atoms with van der Waals surface area (Å²) in [4.78, 5) is 10.5. The standard InChI is InChI=1S/C12H15NO3/c1-8(14)6-9-2-4-10(5-3-9)7-11(13)12(15)16/h2-5,11,14H,1,6-7,13H2,(H,15,16)/t11-/m0/s1. The second-order valence-corrected chi connectivity index (χ2v) is 3.71. The van der Waals surface area contributed by atoms with Crippen LogP contribution in [0.5, 0.6) is 0 Å². The summed E-state index contributed by atoms with van der Waals surface area (Å²) in [6.07, 6.45) is 0.709. The number of nitrogens with two attached hydrogens (primary N) is 1. The zero-order chi connectivity index (χ0) is 12.1. The van der Waals surface area contributed by atoms with E-state index in [0.29, 0.717) is 12.8 Å².